The first kappa shape index (κ1) is 17.9. The van der Waals surface area contributed by atoms with E-state index >= 15 is 0 Å². The highest BCUT2D eigenvalue weighted by atomic mass is 16.3. The summed E-state index contributed by atoms with van der Waals surface area (Å²) in [6, 6.07) is 13.7. The molecule has 2 aromatic rings. The van der Waals surface area contributed by atoms with E-state index in [1.165, 1.54) is 0 Å². The number of hydrogen-bond acceptors (Lipinski definition) is 4. The van der Waals surface area contributed by atoms with Crippen molar-refractivity contribution in [3.8, 4) is 11.5 Å². The van der Waals surface area contributed by atoms with Crippen LogP contribution in [0.1, 0.15) is 6.92 Å². The predicted octanol–water partition coefficient (Wildman–Crippen LogP) is 5.26. The lowest BCUT2D eigenvalue weighted by Crippen LogP contribution is -1.90. The van der Waals surface area contributed by atoms with Crippen molar-refractivity contribution < 1.29 is 10.2 Å². The van der Waals surface area contributed by atoms with Crippen LogP contribution in [0.2, 0.25) is 0 Å². The molecule has 0 aliphatic carbocycles. The fourth-order valence-electron chi connectivity index (χ4n) is 2.06. The van der Waals surface area contributed by atoms with Crippen LogP contribution in [0.3, 0.4) is 0 Å². The second-order valence-corrected chi connectivity index (χ2v) is 5.11. The number of aromatic hydroxyl groups is 2. The van der Waals surface area contributed by atoms with Crippen LogP contribution in [0, 0.1) is 0 Å². The van der Waals surface area contributed by atoms with E-state index in [1.54, 1.807) is 67.0 Å². The summed E-state index contributed by atoms with van der Waals surface area (Å²) < 4.78 is 0. The van der Waals surface area contributed by atoms with Gasteiger partial charge in [-0.05, 0) is 31.2 Å². The predicted molar refractivity (Wildman–Crippen MR) is 105 cm³/mol. The maximum atomic E-state index is 9.81. The van der Waals surface area contributed by atoms with Crippen molar-refractivity contribution in [2.24, 2.45) is 9.98 Å². The molecule has 0 amide bonds. The summed E-state index contributed by atoms with van der Waals surface area (Å²) in [4.78, 5) is 8.63. The minimum Gasteiger partial charge on any atom is -0.506 e. The van der Waals surface area contributed by atoms with E-state index in [0.717, 1.165) is 11.1 Å². The average molecular weight is 332 g/mol. The van der Waals surface area contributed by atoms with Crippen LogP contribution in [0.15, 0.2) is 94.5 Å². The highest BCUT2D eigenvalue weighted by molar-refractivity contribution is 5.97. The maximum absolute atomic E-state index is 9.81. The Balaban J connectivity index is 2.38. The van der Waals surface area contributed by atoms with Crippen molar-refractivity contribution in [2.45, 2.75) is 6.92 Å². The molecular weight excluding hydrogens is 312 g/mol. The normalized spacial score (nSPS) is 12.8. The lowest BCUT2D eigenvalue weighted by Gasteiger charge is -2.02. The lowest BCUT2D eigenvalue weighted by atomic mass is 10.1. The molecule has 2 rings (SSSR count). The van der Waals surface area contributed by atoms with E-state index in [2.05, 4.69) is 16.6 Å². The van der Waals surface area contributed by atoms with E-state index in [9.17, 15) is 10.2 Å². The minimum absolute atomic E-state index is 0.109. The van der Waals surface area contributed by atoms with Gasteiger partial charge in [-0.3, -0.25) is 9.98 Å². The third-order valence-corrected chi connectivity index (χ3v) is 3.35. The number of benzene rings is 2. The van der Waals surface area contributed by atoms with Gasteiger partial charge in [-0.1, -0.05) is 49.1 Å². The molecule has 4 heteroatoms. The fraction of sp³-hybridized carbons (Fsp3) is 0.0476. The highest BCUT2D eigenvalue weighted by Gasteiger charge is 2.00. The number of allylic oxidation sites excluding steroid dienone is 5. The third-order valence-electron chi connectivity index (χ3n) is 3.35. The number of aliphatic imine (C=N–C) groups is 2. The second kappa shape index (κ2) is 9.03. The van der Waals surface area contributed by atoms with Crippen molar-refractivity contribution in [2.75, 3.05) is 0 Å². The Bertz CT molecular complexity index is 862. The quantitative estimate of drug-likeness (QED) is 0.559. The first-order valence-electron chi connectivity index (χ1n) is 7.79. The zero-order chi connectivity index (χ0) is 18.1. The molecule has 0 saturated carbocycles. The molecule has 0 atom stereocenters. The summed E-state index contributed by atoms with van der Waals surface area (Å²) in [5.41, 5.74) is 2.46. The molecule has 2 aromatic carbocycles. The van der Waals surface area contributed by atoms with E-state index in [4.69, 9.17) is 0 Å². The molecule has 0 bridgehead atoms. The van der Waals surface area contributed by atoms with Crippen LogP contribution >= 0.6 is 0 Å². The highest BCUT2D eigenvalue weighted by Crippen LogP contribution is 2.26. The number of hydrogen-bond donors (Lipinski definition) is 2. The summed E-state index contributed by atoms with van der Waals surface area (Å²) in [5, 5.41) is 19.6. The molecule has 0 aromatic heterocycles. The Morgan fingerprint density at radius 1 is 0.840 bits per heavy atom. The van der Waals surface area contributed by atoms with Gasteiger partial charge in [0.1, 0.15) is 22.9 Å². The second-order valence-electron chi connectivity index (χ2n) is 5.11. The first-order chi connectivity index (χ1) is 12.2. The van der Waals surface area contributed by atoms with Gasteiger partial charge in [0, 0.05) is 23.6 Å². The first-order valence-corrected chi connectivity index (χ1v) is 7.79. The fourth-order valence-corrected chi connectivity index (χ4v) is 2.06. The smallest absolute Gasteiger partial charge is 0.141 e. The van der Waals surface area contributed by atoms with Crippen molar-refractivity contribution in [1.29, 1.82) is 0 Å². The van der Waals surface area contributed by atoms with Gasteiger partial charge in [0.25, 0.3) is 0 Å². The number of phenols is 2. The molecule has 0 radical (unpaired) electrons. The van der Waals surface area contributed by atoms with Crippen LogP contribution in [0.4, 0.5) is 11.4 Å². The van der Waals surface area contributed by atoms with Crippen molar-refractivity contribution in [1.82, 2.24) is 0 Å². The van der Waals surface area contributed by atoms with Crippen LogP contribution < -0.4 is 0 Å². The molecule has 2 N–H and O–H groups in total. The minimum atomic E-state index is 0.109. The Labute approximate surface area is 147 Å². The molecule has 0 heterocycles. The van der Waals surface area contributed by atoms with Crippen LogP contribution in [0.25, 0.3) is 0 Å². The Kier molecular flexibility index (Phi) is 6.48. The summed E-state index contributed by atoms with van der Waals surface area (Å²) in [6.45, 7) is 5.71. The van der Waals surface area contributed by atoms with Crippen LogP contribution in [0.5, 0.6) is 11.5 Å². The molecule has 0 unspecified atom stereocenters. The topological polar surface area (TPSA) is 65.2 Å². The van der Waals surface area contributed by atoms with Gasteiger partial charge in [0.05, 0.1) is 0 Å². The van der Waals surface area contributed by atoms with Gasteiger partial charge >= 0.3 is 0 Å². The van der Waals surface area contributed by atoms with Crippen molar-refractivity contribution >= 4 is 23.8 Å². The Morgan fingerprint density at radius 3 is 1.76 bits per heavy atom. The molecule has 0 aliphatic heterocycles. The maximum Gasteiger partial charge on any atom is 0.141 e. The Morgan fingerprint density at radius 2 is 1.32 bits per heavy atom. The van der Waals surface area contributed by atoms with Gasteiger partial charge in [-0.25, -0.2) is 0 Å². The number of para-hydroxylation sites is 4. The summed E-state index contributed by atoms with van der Waals surface area (Å²) in [6.07, 6.45) is 8.67. The molecule has 126 valence electrons. The number of phenolic OH excluding ortho intramolecular Hbond substituents is 2. The molecule has 0 spiro atoms. The van der Waals surface area contributed by atoms with Gasteiger partial charge in [-0.15, -0.1) is 0 Å². The molecule has 0 fully saturated rings. The number of nitrogens with zero attached hydrogens (tertiary/aromatic N) is 2. The molecular formula is C21H20N2O2. The zero-order valence-electron chi connectivity index (χ0n) is 14.0. The van der Waals surface area contributed by atoms with E-state index in [1.807, 2.05) is 19.1 Å². The standard InChI is InChI=1S/C21H20N2O2/c1-3-9-17(15-23-19-11-6-8-13-21(19)25)16(4-2)14-22-18-10-5-7-12-20(18)24/h3-15,24-25H,2H2,1H3/b9-3-,17-16-,22-14?,23-15?. The number of rotatable bonds is 6. The average Bonchev–Trinajstić information content (AvgIpc) is 2.62. The zero-order valence-corrected chi connectivity index (χ0v) is 14.0. The largest absolute Gasteiger partial charge is 0.506 e. The van der Waals surface area contributed by atoms with Gasteiger partial charge in [0.15, 0.2) is 0 Å². The SMILES string of the molecule is C=C/C(C=Nc1ccccc1O)=C(C=Nc1ccccc1O)\C=C/C. The molecule has 25 heavy (non-hydrogen) atoms. The molecule has 0 aliphatic rings. The van der Waals surface area contributed by atoms with Gasteiger partial charge in [0.2, 0.25) is 0 Å². The van der Waals surface area contributed by atoms with Crippen LogP contribution in [-0.4, -0.2) is 22.6 Å². The van der Waals surface area contributed by atoms with E-state index < -0.39 is 0 Å². The van der Waals surface area contributed by atoms with Crippen LogP contribution in [-0.2, 0) is 0 Å². The van der Waals surface area contributed by atoms with Crippen molar-refractivity contribution in [3.05, 3.63) is 84.5 Å². The lowest BCUT2D eigenvalue weighted by molar-refractivity contribution is 0.476. The summed E-state index contributed by atoms with van der Waals surface area (Å²) in [5.74, 6) is 0.222. The summed E-state index contributed by atoms with van der Waals surface area (Å²) >= 11 is 0. The monoisotopic (exact) mass is 332 g/mol. The van der Waals surface area contributed by atoms with Gasteiger partial charge < -0.3 is 10.2 Å². The van der Waals surface area contributed by atoms with Crippen molar-refractivity contribution in [3.63, 3.8) is 0 Å². The molecule has 4 nitrogen and oxygen atoms in total. The van der Waals surface area contributed by atoms with Gasteiger partial charge in [-0.2, -0.15) is 0 Å². The van der Waals surface area contributed by atoms with E-state index in [-0.39, 0.29) is 11.5 Å². The Hall–Kier alpha value is -3.40. The molecule has 0 saturated heterocycles. The third kappa shape index (κ3) is 5.04. The van der Waals surface area contributed by atoms with E-state index in [0.29, 0.717) is 11.4 Å². The summed E-state index contributed by atoms with van der Waals surface area (Å²) in [7, 11) is 0.